The summed E-state index contributed by atoms with van der Waals surface area (Å²) >= 11 is 0. The molecule has 2 heterocycles. The quantitative estimate of drug-likeness (QED) is 0.889. The fourth-order valence-electron chi connectivity index (χ4n) is 2.09. The molecule has 2 N–H and O–H groups in total. The Kier molecular flexibility index (Phi) is 3.59. The molecule has 1 aliphatic rings. The molecule has 1 amide bonds. The zero-order valence-corrected chi connectivity index (χ0v) is 11.0. The molecule has 1 fully saturated rings. The lowest BCUT2D eigenvalue weighted by Crippen LogP contribution is -2.39. The summed E-state index contributed by atoms with van der Waals surface area (Å²) in [4.78, 5) is 22.8. The first kappa shape index (κ1) is 13.6. The Balaban J connectivity index is 1.77. The van der Waals surface area contributed by atoms with Crippen molar-refractivity contribution in [2.24, 2.45) is 0 Å². The summed E-state index contributed by atoms with van der Waals surface area (Å²) in [7, 11) is 0. The summed E-state index contributed by atoms with van der Waals surface area (Å²) in [5, 5.41) is 12.2. The van der Waals surface area contributed by atoms with Gasteiger partial charge in [0.2, 0.25) is 5.76 Å². The molecule has 0 saturated carbocycles. The molecule has 21 heavy (non-hydrogen) atoms. The fraction of sp³-hybridized carbons (Fsp3) is 0.286. The van der Waals surface area contributed by atoms with Crippen molar-refractivity contribution in [3.63, 3.8) is 0 Å². The molecular formula is C14H13NO6. The number of carboxylic acid groups (broad SMARTS) is 1. The highest BCUT2D eigenvalue weighted by Gasteiger charge is 2.22. The van der Waals surface area contributed by atoms with E-state index in [1.165, 1.54) is 6.07 Å². The number of anilines is 1. The van der Waals surface area contributed by atoms with Gasteiger partial charge in [-0.1, -0.05) is 0 Å². The van der Waals surface area contributed by atoms with Crippen LogP contribution in [0.5, 0.6) is 0 Å². The lowest BCUT2D eigenvalue weighted by molar-refractivity contribution is -0.142. The number of furan rings is 1. The van der Waals surface area contributed by atoms with Crippen molar-refractivity contribution >= 4 is 28.5 Å². The normalized spacial score (nSPS) is 18.6. The van der Waals surface area contributed by atoms with Gasteiger partial charge in [0.15, 0.2) is 6.10 Å². The number of carbonyl (C=O) groups is 2. The van der Waals surface area contributed by atoms with Crippen molar-refractivity contribution in [3.8, 4) is 0 Å². The van der Waals surface area contributed by atoms with E-state index in [0.717, 1.165) is 0 Å². The third-order valence-electron chi connectivity index (χ3n) is 3.10. The summed E-state index contributed by atoms with van der Waals surface area (Å²) in [5.41, 5.74) is 0.988. The van der Waals surface area contributed by atoms with Gasteiger partial charge < -0.3 is 24.3 Å². The number of amides is 1. The largest absolute Gasteiger partial charge is 0.475 e. The molecule has 1 aromatic heterocycles. The predicted octanol–water partition coefficient (Wildman–Crippen LogP) is 1.48. The average molecular weight is 291 g/mol. The van der Waals surface area contributed by atoms with Crippen molar-refractivity contribution in [2.75, 3.05) is 25.1 Å². The number of benzene rings is 1. The maximum absolute atomic E-state index is 12.0. The maximum Gasteiger partial charge on any atom is 0.371 e. The van der Waals surface area contributed by atoms with Gasteiger partial charge >= 0.3 is 5.97 Å². The summed E-state index contributed by atoms with van der Waals surface area (Å²) < 4.78 is 15.6. The Labute approximate surface area is 119 Å². The van der Waals surface area contributed by atoms with Crippen LogP contribution in [0.4, 0.5) is 5.69 Å². The zero-order chi connectivity index (χ0) is 14.8. The number of hydrogen-bond acceptors (Lipinski definition) is 5. The van der Waals surface area contributed by atoms with Crippen LogP contribution in [0.25, 0.3) is 11.0 Å². The third-order valence-corrected chi connectivity index (χ3v) is 3.10. The Morgan fingerprint density at radius 1 is 1.24 bits per heavy atom. The fourth-order valence-corrected chi connectivity index (χ4v) is 2.09. The second kappa shape index (κ2) is 5.55. The van der Waals surface area contributed by atoms with Crippen LogP contribution in [0.15, 0.2) is 28.7 Å². The molecule has 3 rings (SSSR count). The molecule has 0 radical (unpaired) electrons. The lowest BCUT2D eigenvalue weighted by Gasteiger charge is -2.22. The van der Waals surface area contributed by atoms with Crippen LogP contribution in [0.1, 0.15) is 10.6 Å². The molecule has 0 spiro atoms. The molecule has 7 nitrogen and oxygen atoms in total. The second-order valence-electron chi connectivity index (χ2n) is 4.59. The molecule has 1 aromatic carbocycles. The van der Waals surface area contributed by atoms with E-state index in [0.29, 0.717) is 29.9 Å². The average Bonchev–Trinajstić information content (AvgIpc) is 2.91. The highest BCUT2D eigenvalue weighted by atomic mass is 16.6. The molecule has 1 saturated heterocycles. The van der Waals surface area contributed by atoms with Crippen LogP contribution in [0, 0.1) is 0 Å². The van der Waals surface area contributed by atoms with Gasteiger partial charge in [0.05, 0.1) is 19.8 Å². The molecule has 0 aliphatic carbocycles. The monoisotopic (exact) mass is 291 g/mol. The van der Waals surface area contributed by atoms with Crippen LogP contribution < -0.4 is 5.32 Å². The molecule has 1 aliphatic heterocycles. The molecule has 7 heteroatoms. The van der Waals surface area contributed by atoms with Gasteiger partial charge in [-0.2, -0.15) is 0 Å². The molecule has 2 aromatic rings. The number of carboxylic acids is 1. The summed E-state index contributed by atoms with van der Waals surface area (Å²) in [5.74, 6) is -1.57. The van der Waals surface area contributed by atoms with Crippen molar-refractivity contribution in [1.82, 2.24) is 0 Å². The number of nitrogens with one attached hydrogen (secondary N) is 1. The lowest BCUT2D eigenvalue weighted by atomic mass is 10.2. The topological polar surface area (TPSA) is 98.0 Å². The molecule has 1 atom stereocenters. The van der Waals surface area contributed by atoms with Crippen molar-refractivity contribution in [3.05, 3.63) is 30.0 Å². The van der Waals surface area contributed by atoms with E-state index < -0.39 is 12.1 Å². The van der Waals surface area contributed by atoms with Crippen LogP contribution in [-0.2, 0) is 14.3 Å². The Bertz CT molecular complexity index is 686. The minimum atomic E-state index is -1.13. The molecular weight excluding hydrogens is 278 g/mol. The predicted molar refractivity (Wildman–Crippen MR) is 72.4 cm³/mol. The van der Waals surface area contributed by atoms with Gasteiger partial charge in [0.1, 0.15) is 5.58 Å². The highest BCUT2D eigenvalue weighted by Crippen LogP contribution is 2.23. The zero-order valence-electron chi connectivity index (χ0n) is 11.0. The Morgan fingerprint density at radius 2 is 2.10 bits per heavy atom. The summed E-state index contributed by atoms with van der Waals surface area (Å²) in [6.07, 6.45) is -0.631. The smallest absolute Gasteiger partial charge is 0.371 e. The van der Waals surface area contributed by atoms with Crippen molar-refractivity contribution in [1.29, 1.82) is 0 Å². The van der Waals surface area contributed by atoms with Crippen LogP contribution >= 0.6 is 0 Å². The summed E-state index contributed by atoms with van der Waals surface area (Å²) in [6, 6.07) is 6.30. The van der Waals surface area contributed by atoms with Gasteiger partial charge in [-0.15, -0.1) is 0 Å². The minimum absolute atomic E-state index is 0.141. The summed E-state index contributed by atoms with van der Waals surface area (Å²) in [6.45, 7) is 1.10. The van der Waals surface area contributed by atoms with Crippen molar-refractivity contribution in [2.45, 2.75) is 6.10 Å². The highest BCUT2D eigenvalue weighted by molar-refractivity contribution is 5.97. The van der Waals surface area contributed by atoms with Crippen molar-refractivity contribution < 1.29 is 28.6 Å². The second-order valence-corrected chi connectivity index (χ2v) is 4.59. The first-order chi connectivity index (χ1) is 10.1. The van der Waals surface area contributed by atoms with Crippen LogP contribution in [-0.4, -0.2) is 42.9 Å². The molecule has 0 bridgehead atoms. The van der Waals surface area contributed by atoms with E-state index in [-0.39, 0.29) is 18.3 Å². The van der Waals surface area contributed by atoms with E-state index in [1.807, 2.05) is 0 Å². The Morgan fingerprint density at radius 3 is 2.81 bits per heavy atom. The van der Waals surface area contributed by atoms with Gasteiger partial charge in [0, 0.05) is 11.1 Å². The van der Waals surface area contributed by atoms with Gasteiger partial charge in [0.25, 0.3) is 5.91 Å². The number of hydrogen-bond donors (Lipinski definition) is 2. The Hall–Kier alpha value is -2.38. The minimum Gasteiger partial charge on any atom is -0.475 e. The SMILES string of the molecule is O=C(O)c1cc2cc(NC(=O)C3COCCO3)ccc2o1. The van der Waals surface area contributed by atoms with E-state index in [4.69, 9.17) is 19.0 Å². The number of ether oxygens (including phenoxy) is 2. The van der Waals surface area contributed by atoms with E-state index in [9.17, 15) is 9.59 Å². The molecule has 1 unspecified atom stereocenters. The first-order valence-electron chi connectivity index (χ1n) is 6.40. The maximum atomic E-state index is 12.0. The number of fused-ring (bicyclic) bond motifs is 1. The standard InChI is InChI=1S/C14H13NO6/c16-13(12-7-19-3-4-20-12)15-9-1-2-10-8(5-9)6-11(21-10)14(17)18/h1-2,5-6,12H,3-4,7H2,(H,15,16)(H,17,18). The van der Waals surface area contributed by atoms with Gasteiger partial charge in [-0.05, 0) is 24.3 Å². The van der Waals surface area contributed by atoms with Crippen LogP contribution in [0.3, 0.4) is 0 Å². The van der Waals surface area contributed by atoms with Crippen LogP contribution in [0.2, 0.25) is 0 Å². The van der Waals surface area contributed by atoms with E-state index in [1.54, 1.807) is 18.2 Å². The molecule has 110 valence electrons. The van der Waals surface area contributed by atoms with E-state index >= 15 is 0 Å². The number of carbonyl (C=O) groups excluding carboxylic acids is 1. The number of aromatic carboxylic acids is 1. The van der Waals surface area contributed by atoms with Gasteiger partial charge in [-0.25, -0.2) is 4.79 Å². The first-order valence-corrected chi connectivity index (χ1v) is 6.40. The van der Waals surface area contributed by atoms with Gasteiger partial charge in [-0.3, -0.25) is 4.79 Å². The number of rotatable bonds is 3. The van der Waals surface area contributed by atoms with E-state index in [2.05, 4.69) is 5.32 Å². The third kappa shape index (κ3) is 2.88.